The Morgan fingerprint density at radius 3 is 2.42 bits per heavy atom. The molecule has 5 rings (SSSR count). The lowest BCUT2D eigenvalue weighted by Crippen LogP contribution is -2.21. The predicted molar refractivity (Wildman–Crippen MR) is 123 cm³/mol. The van der Waals surface area contributed by atoms with Gasteiger partial charge in [-0.3, -0.25) is 0 Å². The molecule has 0 saturated heterocycles. The molecule has 0 radical (unpaired) electrons. The molecule has 5 aromatic rings. The van der Waals surface area contributed by atoms with Crippen molar-refractivity contribution in [1.29, 1.82) is 0 Å². The van der Waals surface area contributed by atoms with Crippen LogP contribution in [-0.4, -0.2) is 23.8 Å². The summed E-state index contributed by atoms with van der Waals surface area (Å²) in [7, 11) is 0. The van der Waals surface area contributed by atoms with Crippen LogP contribution in [0.25, 0.3) is 28.5 Å². The van der Waals surface area contributed by atoms with Crippen molar-refractivity contribution >= 4 is 17.2 Å². The number of rotatable bonds is 5. The summed E-state index contributed by atoms with van der Waals surface area (Å²) in [5.74, 6) is 0.485. The zero-order valence-electron chi connectivity index (χ0n) is 17.6. The fourth-order valence-electron chi connectivity index (χ4n) is 3.75. The highest BCUT2D eigenvalue weighted by Crippen LogP contribution is 2.24. The van der Waals surface area contributed by atoms with Crippen LogP contribution in [0.4, 0.5) is 0 Å². The molecule has 0 saturated carbocycles. The van der Waals surface area contributed by atoms with E-state index in [0.29, 0.717) is 18.1 Å². The standard InChI is InChI=1S/C25H23N5O/c1-4-18-5-7-19(8-6-18)16-30-25(31)28-13-14-29-23(24(28)27-30)15-22(26-29)21-11-9-20(10-12-21)17(2)3/h4-15,17H,1,16H2,2-3H3. The molecule has 0 aliphatic carbocycles. The molecule has 2 aromatic carbocycles. The Hall–Kier alpha value is -3.93. The van der Waals surface area contributed by atoms with Crippen molar-refractivity contribution in [3.63, 3.8) is 0 Å². The first-order chi connectivity index (χ1) is 15.0. The molecular weight excluding hydrogens is 386 g/mol. The van der Waals surface area contributed by atoms with Crippen molar-refractivity contribution in [3.8, 4) is 11.3 Å². The maximum absolute atomic E-state index is 12.9. The molecule has 6 heteroatoms. The molecule has 31 heavy (non-hydrogen) atoms. The summed E-state index contributed by atoms with van der Waals surface area (Å²) < 4.78 is 4.83. The quantitative estimate of drug-likeness (QED) is 0.425. The van der Waals surface area contributed by atoms with E-state index in [1.165, 1.54) is 10.2 Å². The lowest BCUT2D eigenvalue weighted by molar-refractivity contribution is 0.659. The molecule has 0 unspecified atom stereocenters. The van der Waals surface area contributed by atoms with Gasteiger partial charge in [0, 0.05) is 18.0 Å². The Labute approximate surface area is 179 Å². The number of hydrogen-bond acceptors (Lipinski definition) is 3. The zero-order chi connectivity index (χ0) is 21.5. The Bertz CT molecular complexity index is 1450. The van der Waals surface area contributed by atoms with Gasteiger partial charge in [-0.1, -0.05) is 75.0 Å². The lowest BCUT2D eigenvalue weighted by Gasteiger charge is -2.05. The van der Waals surface area contributed by atoms with Gasteiger partial charge in [0.15, 0.2) is 5.65 Å². The van der Waals surface area contributed by atoms with Crippen LogP contribution in [0.3, 0.4) is 0 Å². The van der Waals surface area contributed by atoms with Crippen molar-refractivity contribution in [1.82, 2.24) is 23.8 Å². The molecule has 0 aliphatic rings. The van der Waals surface area contributed by atoms with Gasteiger partial charge in [-0.05, 0) is 28.7 Å². The minimum Gasteiger partial charge on any atom is -0.247 e. The summed E-state index contributed by atoms with van der Waals surface area (Å²) in [5.41, 5.74) is 6.44. The first kappa shape index (κ1) is 19.1. The summed E-state index contributed by atoms with van der Waals surface area (Å²) in [6.07, 6.45) is 5.30. The SMILES string of the molecule is C=Cc1ccc(Cn2nc3c4cc(-c5ccc(C(C)C)cc5)nn4ccn3c2=O)cc1. The highest BCUT2D eigenvalue weighted by molar-refractivity contribution is 5.76. The predicted octanol–water partition coefficient (Wildman–Crippen LogP) is 4.63. The fraction of sp³-hybridized carbons (Fsp3) is 0.160. The monoisotopic (exact) mass is 409 g/mol. The summed E-state index contributed by atoms with van der Waals surface area (Å²) in [6.45, 7) is 8.54. The van der Waals surface area contributed by atoms with E-state index in [1.807, 2.05) is 30.3 Å². The second kappa shape index (κ2) is 7.40. The Morgan fingerprint density at radius 1 is 1.00 bits per heavy atom. The van der Waals surface area contributed by atoms with Gasteiger partial charge in [0.1, 0.15) is 5.52 Å². The summed E-state index contributed by atoms with van der Waals surface area (Å²) in [5, 5.41) is 9.30. The van der Waals surface area contributed by atoms with Gasteiger partial charge in [-0.15, -0.1) is 5.10 Å². The van der Waals surface area contributed by atoms with Crippen molar-refractivity contribution in [2.45, 2.75) is 26.3 Å². The molecule has 3 aromatic heterocycles. The topological polar surface area (TPSA) is 56.6 Å². The lowest BCUT2D eigenvalue weighted by atomic mass is 10.0. The molecule has 0 atom stereocenters. The molecule has 0 aliphatic heterocycles. The van der Waals surface area contributed by atoms with E-state index >= 15 is 0 Å². The number of fused-ring (bicyclic) bond motifs is 3. The number of nitrogens with zero attached hydrogens (tertiary/aromatic N) is 5. The largest absolute Gasteiger partial charge is 0.350 e. The highest BCUT2D eigenvalue weighted by atomic mass is 16.2. The number of aromatic nitrogens is 5. The normalized spacial score (nSPS) is 11.6. The second-order valence-electron chi connectivity index (χ2n) is 8.01. The van der Waals surface area contributed by atoms with Crippen LogP contribution in [0.5, 0.6) is 0 Å². The maximum Gasteiger partial charge on any atom is 0.350 e. The van der Waals surface area contributed by atoms with E-state index in [0.717, 1.165) is 27.9 Å². The summed E-state index contributed by atoms with van der Waals surface area (Å²) >= 11 is 0. The van der Waals surface area contributed by atoms with Gasteiger partial charge < -0.3 is 0 Å². The average molecular weight is 409 g/mol. The van der Waals surface area contributed by atoms with Crippen molar-refractivity contribution < 1.29 is 0 Å². The minimum atomic E-state index is -0.172. The third kappa shape index (κ3) is 3.36. The second-order valence-corrected chi connectivity index (χ2v) is 8.01. The molecule has 154 valence electrons. The third-order valence-corrected chi connectivity index (χ3v) is 5.61. The molecule has 0 bridgehead atoms. The Kier molecular flexibility index (Phi) is 4.55. The van der Waals surface area contributed by atoms with Crippen molar-refractivity contribution in [2.24, 2.45) is 0 Å². The molecule has 3 heterocycles. The molecule has 6 nitrogen and oxygen atoms in total. The van der Waals surface area contributed by atoms with Gasteiger partial charge in [-0.25, -0.2) is 18.4 Å². The van der Waals surface area contributed by atoms with Crippen LogP contribution in [0.1, 0.15) is 36.5 Å². The molecule has 0 amide bonds. The summed E-state index contributed by atoms with van der Waals surface area (Å²) in [6, 6.07) is 18.4. The average Bonchev–Trinajstić information content (AvgIpc) is 3.36. The first-order valence-electron chi connectivity index (χ1n) is 10.3. The van der Waals surface area contributed by atoms with E-state index in [2.05, 4.69) is 49.8 Å². The van der Waals surface area contributed by atoms with E-state index in [4.69, 9.17) is 5.10 Å². The van der Waals surface area contributed by atoms with Gasteiger partial charge in [0.2, 0.25) is 0 Å². The van der Waals surface area contributed by atoms with Crippen LogP contribution in [0, 0.1) is 0 Å². The van der Waals surface area contributed by atoms with E-state index in [-0.39, 0.29) is 5.69 Å². The fourth-order valence-corrected chi connectivity index (χ4v) is 3.75. The molecular formula is C25H23N5O. The minimum absolute atomic E-state index is 0.172. The van der Waals surface area contributed by atoms with Gasteiger partial charge in [-0.2, -0.15) is 5.10 Å². The summed E-state index contributed by atoms with van der Waals surface area (Å²) in [4.78, 5) is 12.9. The zero-order valence-corrected chi connectivity index (χ0v) is 17.6. The highest BCUT2D eigenvalue weighted by Gasteiger charge is 2.14. The molecule has 0 spiro atoms. The van der Waals surface area contributed by atoms with Crippen LogP contribution in [0.2, 0.25) is 0 Å². The molecule has 0 N–H and O–H groups in total. The molecule has 0 fully saturated rings. The van der Waals surface area contributed by atoms with Crippen LogP contribution in [0.15, 0.2) is 78.4 Å². The maximum atomic E-state index is 12.9. The smallest absolute Gasteiger partial charge is 0.247 e. The van der Waals surface area contributed by atoms with E-state index < -0.39 is 0 Å². The van der Waals surface area contributed by atoms with Crippen LogP contribution in [-0.2, 0) is 6.54 Å². The Morgan fingerprint density at radius 2 is 1.74 bits per heavy atom. The third-order valence-electron chi connectivity index (χ3n) is 5.61. The van der Waals surface area contributed by atoms with Crippen LogP contribution >= 0.6 is 0 Å². The van der Waals surface area contributed by atoms with E-state index in [9.17, 15) is 4.79 Å². The van der Waals surface area contributed by atoms with Crippen LogP contribution < -0.4 is 5.69 Å². The number of benzene rings is 2. The van der Waals surface area contributed by atoms with E-state index in [1.54, 1.807) is 27.4 Å². The Balaban J connectivity index is 1.55. The first-order valence-corrected chi connectivity index (χ1v) is 10.3. The van der Waals surface area contributed by atoms with Gasteiger partial charge >= 0.3 is 5.69 Å². The van der Waals surface area contributed by atoms with Gasteiger partial charge in [0.25, 0.3) is 0 Å². The van der Waals surface area contributed by atoms with Gasteiger partial charge in [0.05, 0.1) is 12.2 Å². The van der Waals surface area contributed by atoms with Crippen molar-refractivity contribution in [2.75, 3.05) is 0 Å². The van der Waals surface area contributed by atoms with Crippen molar-refractivity contribution in [3.05, 3.63) is 101 Å². The number of hydrogen-bond donors (Lipinski definition) is 0.